The van der Waals surface area contributed by atoms with Crippen molar-refractivity contribution in [3.63, 3.8) is 0 Å². The normalized spacial score (nSPS) is 19.1. The van der Waals surface area contributed by atoms with Crippen molar-refractivity contribution in [1.82, 2.24) is 10.6 Å². The summed E-state index contributed by atoms with van der Waals surface area (Å²) in [5.74, 6) is -0.952. The minimum absolute atomic E-state index is 0.0404. The molecule has 0 aromatic carbocycles. The van der Waals surface area contributed by atoms with Crippen molar-refractivity contribution < 1.29 is 14.7 Å². The second kappa shape index (κ2) is 4.48. The molecule has 2 amide bonds. The van der Waals surface area contributed by atoms with E-state index in [1.807, 2.05) is 0 Å². The van der Waals surface area contributed by atoms with E-state index in [-0.39, 0.29) is 5.92 Å². The van der Waals surface area contributed by atoms with Gasteiger partial charge in [0.25, 0.3) is 0 Å². The first-order valence-corrected chi connectivity index (χ1v) is 5.00. The molecule has 1 atom stereocenters. The molecular weight excluding hydrogens is 198 g/mol. The fourth-order valence-electron chi connectivity index (χ4n) is 1.46. The van der Waals surface area contributed by atoms with Gasteiger partial charge in [-0.05, 0) is 25.7 Å². The molecule has 0 aromatic rings. The second-order valence-electron chi connectivity index (χ2n) is 3.95. The molecular formula is C9H17N3O3. The Balaban J connectivity index is 2.51. The molecule has 0 aromatic heterocycles. The Morgan fingerprint density at radius 2 is 2.13 bits per heavy atom. The third-order valence-corrected chi connectivity index (χ3v) is 2.64. The number of carbonyl (C=O) groups excluding carboxylic acids is 1. The van der Waals surface area contributed by atoms with Gasteiger partial charge in [-0.15, -0.1) is 0 Å². The molecule has 6 nitrogen and oxygen atoms in total. The minimum atomic E-state index is -1.15. The molecule has 0 spiro atoms. The zero-order valence-electron chi connectivity index (χ0n) is 8.75. The van der Waals surface area contributed by atoms with Crippen molar-refractivity contribution in [2.75, 3.05) is 13.1 Å². The molecule has 0 radical (unpaired) electrons. The van der Waals surface area contributed by atoms with Crippen LogP contribution in [0.4, 0.5) is 4.79 Å². The van der Waals surface area contributed by atoms with E-state index in [0.29, 0.717) is 13.1 Å². The maximum absolute atomic E-state index is 11.3. The fraction of sp³-hybridized carbons (Fsp3) is 0.778. The van der Waals surface area contributed by atoms with Crippen molar-refractivity contribution in [2.24, 2.45) is 11.7 Å². The third-order valence-electron chi connectivity index (χ3n) is 2.64. The lowest BCUT2D eigenvalue weighted by molar-refractivity contribution is -0.144. The smallest absolute Gasteiger partial charge is 0.329 e. The Bertz CT molecular complexity index is 265. The molecule has 1 aliphatic carbocycles. The van der Waals surface area contributed by atoms with Crippen LogP contribution in [-0.2, 0) is 4.79 Å². The van der Waals surface area contributed by atoms with E-state index >= 15 is 0 Å². The Morgan fingerprint density at radius 1 is 1.53 bits per heavy atom. The van der Waals surface area contributed by atoms with Gasteiger partial charge in [-0.3, -0.25) is 0 Å². The highest BCUT2D eigenvalue weighted by Crippen LogP contribution is 2.39. The average molecular weight is 215 g/mol. The summed E-state index contributed by atoms with van der Waals surface area (Å²) >= 11 is 0. The number of amides is 2. The molecule has 0 bridgehead atoms. The van der Waals surface area contributed by atoms with Gasteiger partial charge in [0.1, 0.15) is 5.54 Å². The lowest BCUT2D eigenvalue weighted by atomic mass is 9.96. The summed E-state index contributed by atoms with van der Waals surface area (Å²) in [7, 11) is 0. The zero-order valence-corrected chi connectivity index (χ0v) is 8.75. The Labute approximate surface area is 88.2 Å². The van der Waals surface area contributed by atoms with E-state index in [2.05, 4.69) is 10.6 Å². The van der Waals surface area contributed by atoms with Gasteiger partial charge in [0, 0.05) is 13.1 Å². The predicted molar refractivity (Wildman–Crippen MR) is 54.4 cm³/mol. The van der Waals surface area contributed by atoms with E-state index in [1.54, 1.807) is 0 Å². The Morgan fingerprint density at radius 3 is 2.53 bits per heavy atom. The van der Waals surface area contributed by atoms with Crippen molar-refractivity contribution in [1.29, 1.82) is 0 Å². The van der Waals surface area contributed by atoms with E-state index < -0.39 is 17.5 Å². The maximum atomic E-state index is 11.3. The Hall–Kier alpha value is -1.30. The zero-order chi connectivity index (χ0) is 11.5. The van der Waals surface area contributed by atoms with Gasteiger partial charge in [-0.2, -0.15) is 0 Å². The van der Waals surface area contributed by atoms with Gasteiger partial charge >= 0.3 is 12.0 Å². The van der Waals surface area contributed by atoms with Crippen molar-refractivity contribution in [3.8, 4) is 0 Å². The van der Waals surface area contributed by atoms with Gasteiger partial charge in [0.2, 0.25) is 0 Å². The topological polar surface area (TPSA) is 104 Å². The van der Waals surface area contributed by atoms with E-state index in [0.717, 1.165) is 12.8 Å². The first kappa shape index (κ1) is 11.8. The summed E-state index contributed by atoms with van der Waals surface area (Å²) in [5.41, 5.74) is 4.06. The minimum Gasteiger partial charge on any atom is -0.480 e. The molecule has 6 heteroatoms. The van der Waals surface area contributed by atoms with E-state index in [4.69, 9.17) is 10.8 Å². The number of hydrogen-bond acceptors (Lipinski definition) is 3. The van der Waals surface area contributed by atoms with Gasteiger partial charge < -0.3 is 21.5 Å². The number of nitrogens with one attached hydrogen (secondary N) is 2. The van der Waals surface area contributed by atoms with Crippen molar-refractivity contribution >= 4 is 12.0 Å². The number of rotatable bonds is 5. The van der Waals surface area contributed by atoms with E-state index in [1.165, 1.54) is 6.92 Å². The van der Waals surface area contributed by atoms with Crippen molar-refractivity contribution in [3.05, 3.63) is 0 Å². The van der Waals surface area contributed by atoms with Crippen LogP contribution in [0.1, 0.15) is 19.8 Å². The molecule has 1 aliphatic rings. The van der Waals surface area contributed by atoms with E-state index in [9.17, 15) is 9.59 Å². The van der Waals surface area contributed by atoms with Crippen LogP contribution >= 0.6 is 0 Å². The summed E-state index contributed by atoms with van der Waals surface area (Å²) in [6.45, 7) is 2.21. The van der Waals surface area contributed by atoms with Gasteiger partial charge in [-0.25, -0.2) is 9.59 Å². The quantitative estimate of drug-likeness (QED) is 0.496. The van der Waals surface area contributed by atoms with Gasteiger partial charge in [0.05, 0.1) is 0 Å². The van der Waals surface area contributed by atoms with Crippen LogP contribution in [0.2, 0.25) is 0 Å². The fourth-order valence-corrected chi connectivity index (χ4v) is 1.46. The monoisotopic (exact) mass is 215 g/mol. The first-order valence-electron chi connectivity index (χ1n) is 5.00. The molecule has 0 heterocycles. The second-order valence-corrected chi connectivity index (χ2v) is 3.95. The largest absolute Gasteiger partial charge is 0.480 e. The van der Waals surface area contributed by atoms with Crippen LogP contribution < -0.4 is 16.4 Å². The van der Waals surface area contributed by atoms with Crippen molar-refractivity contribution in [2.45, 2.75) is 25.3 Å². The Kier molecular flexibility index (Phi) is 3.52. The molecule has 1 saturated carbocycles. The SMILES string of the molecule is CC(NC(=O)NCCN)(C(=O)O)C1CC1. The number of carboxylic acids is 1. The molecule has 15 heavy (non-hydrogen) atoms. The van der Waals surface area contributed by atoms with Crippen LogP contribution in [0.5, 0.6) is 0 Å². The molecule has 1 fully saturated rings. The first-order chi connectivity index (χ1) is 7.00. The predicted octanol–water partition coefficient (Wildman–Crippen LogP) is -0.502. The molecule has 1 rings (SSSR count). The maximum Gasteiger partial charge on any atom is 0.329 e. The molecule has 86 valence electrons. The molecule has 1 unspecified atom stereocenters. The van der Waals surface area contributed by atoms with Crippen LogP contribution in [0.3, 0.4) is 0 Å². The summed E-state index contributed by atoms with van der Waals surface area (Å²) in [5, 5.41) is 14.0. The number of nitrogens with two attached hydrogens (primary N) is 1. The molecule has 0 saturated heterocycles. The summed E-state index contributed by atoms with van der Waals surface area (Å²) in [6, 6.07) is -0.475. The number of carboxylic acid groups (broad SMARTS) is 1. The highest BCUT2D eigenvalue weighted by Gasteiger charge is 2.48. The summed E-state index contributed by atoms with van der Waals surface area (Å²) in [4.78, 5) is 22.4. The molecule has 0 aliphatic heterocycles. The van der Waals surface area contributed by atoms with Crippen LogP contribution in [0.15, 0.2) is 0 Å². The molecule has 5 N–H and O–H groups in total. The van der Waals surface area contributed by atoms with Crippen LogP contribution in [-0.4, -0.2) is 35.7 Å². The summed E-state index contributed by atoms with van der Waals surface area (Å²) < 4.78 is 0. The lowest BCUT2D eigenvalue weighted by Gasteiger charge is -2.26. The lowest BCUT2D eigenvalue weighted by Crippen LogP contribution is -2.57. The highest BCUT2D eigenvalue weighted by atomic mass is 16.4. The average Bonchev–Trinajstić information content (AvgIpc) is 2.97. The number of urea groups is 1. The van der Waals surface area contributed by atoms with Crippen LogP contribution in [0.25, 0.3) is 0 Å². The van der Waals surface area contributed by atoms with Gasteiger partial charge in [0.15, 0.2) is 0 Å². The highest BCUT2D eigenvalue weighted by molar-refractivity contribution is 5.86. The van der Waals surface area contributed by atoms with Gasteiger partial charge in [-0.1, -0.05) is 0 Å². The number of carbonyl (C=O) groups is 2. The number of aliphatic carboxylic acids is 1. The summed E-state index contributed by atoms with van der Waals surface area (Å²) in [6.07, 6.45) is 1.69. The van der Waals surface area contributed by atoms with Crippen LogP contribution in [0, 0.1) is 5.92 Å². The third kappa shape index (κ3) is 2.82. The number of hydrogen-bond donors (Lipinski definition) is 4. The standard InChI is InChI=1S/C9H17N3O3/c1-9(7(13)14,6-2-3-6)12-8(15)11-5-4-10/h6H,2-5,10H2,1H3,(H,13,14)(H2,11,12,15).